The maximum Gasteiger partial charge on any atom is 0.237 e. The molecule has 3 aromatic rings. The maximum absolute atomic E-state index is 13.2. The summed E-state index contributed by atoms with van der Waals surface area (Å²) >= 11 is 13.3. The number of anilines is 1. The van der Waals surface area contributed by atoms with Crippen LogP contribution in [0.3, 0.4) is 0 Å². The summed E-state index contributed by atoms with van der Waals surface area (Å²) in [4.78, 5) is 14.1. The van der Waals surface area contributed by atoms with E-state index in [2.05, 4.69) is 10.2 Å². The van der Waals surface area contributed by atoms with E-state index in [1.54, 1.807) is 16.7 Å². The quantitative estimate of drug-likeness (QED) is 0.554. The van der Waals surface area contributed by atoms with Crippen molar-refractivity contribution in [2.24, 2.45) is 0 Å². The Morgan fingerprint density at radius 3 is 2.74 bits per heavy atom. The molecule has 0 aliphatic carbocycles. The molecule has 2 aromatic heterocycles. The molecule has 1 amide bonds. The Morgan fingerprint density at radius 2 is 2.04 bits per heavy atom. The third kappa shape index (κ3) is 4.50. The molecule has 0 radical (unpaired) electrons. The summed E-state index contributed by atoms with van der Waals surface area (Å²) in [5.41, 5.74) is 0.963. The van der Waals surface area contributed by atoms with Crippen LogP contribution in [0.15, 0.2) is 41.7 Å². The van der Waals surface area contributed by atoms with Crippen LogP contribution >= 0.6 is 35.0 Å². The highest BCUT2D eigenvalue weighted by Crippen LogP contribution is 2.26. The lowest BCUT2D eigenvalue weighted by Gasteiger charge is -2.21. The Hall–Kier alpha value is -2.34. The minimum Gasteiger partial charge on any atom is -0.311 e. The highest BCUT2D eigenvalue weighted by Gasteiger charge is 2.18. The number of hydrogen-bond acceptors (Lipinski definition) is 5. The van der Waals surface area contributed by atoms with Crippen LogP contribution in [0, 0.1) is 17.1 Å². The molecule has 1 aromatic carbocycles. The minimum atomic E-state index is -0.399. The summed E-state index contributed by atoms with van der Waals surface area (Å²) in [6.07, 6.45) is 1.77. The fraction of sp³-hybridized carbons (Fsp3) is 0.176. The summed E-state index contributed by atoms with van der Waals surface area (Å²) in [7, 11) is 0. The first kappa shape index (κ1) is 19.4. The number of pyridine rings is 1. The second kappa shape index (κ2) is 8.57. The maximum atomic E-state index is 13.2. The normalized spacial score (nSPS) is 10.7. The van der Waals surface area contributed by atoms with Gasteiger partial charge in [-0.25, -0.2) is 4.39 Å². The number of halogens is 3. The average Bonchev–Trinajstić information content (AvgIpc) is 3.05. The monoisotopic (exact) mass is 423 g/mol. The molecule has 138 valence electrons. The van der Waals surface area contributed by atoms with E-state index < -0.39 is 5.82 Å². The molecular weight excluding hydrogens is 412 g/mol. The molecule has 2 heterocycles. The van der Waals surface area contributed by atoms with Gasteiger partial charge in [0, 0.05) is 18.4 Å². The van der Waals surface area contributed by atoms with E-state index in [1.165, 1.54) is 40.9 Å². The van der Waals surface area contributed by atoms with Gasteiger partial charge in [-0.15, -0.1) is 10.2 Å². The Bertz CT molecular complexity index is 1020. The third-order valence-electron chi connectivity index (χ3n) is 3.61. The lowest BCUT2D eigenvalue weighted by atomic mass is 10.2. The average molecular weight is 424 g/mol. The molecule has 10 heteroatoms. The first-order chi connectivity index (χ1) is 13.0. The molecule has 0 atom stereocenters. The van der Waals surface area contributed by atoms with Crippen LogP contribution in [0.1, 0.15) is 6.42 Å². The first-order valence-corrected chi connectivity index (χ1v) is 9.49. The molecule has 0 fully saturated rings. The molecule has 0 aliphatic rings. The van der Waals surface area contributed by atoms with Gasteiger partial charge in [-0.05, 0) is 30.3 Å². The van der Waals surface area contributed by atoms with Gasteiger partial charge in [-0.1, -0.05) is 35.0 Å². The van der Waals surface area contributed by atoms with Crippen molar-refractivity contribution in [3.63, 3.8) is 0 Å². The van der Waals surface area contributed by atoms with Crippen molar-refractivity contribution in [2.45, 2.75) is 11.6 Å². The molecule has 0 saturated heterocycles. The van der Waals surface area contributed by atoms with Crippen molar-refractivity contribution >= 4 is 52.2 Å². The highest BCUT2D eigenvalue weighted by atomic mass is 35.5. The predicted molar refractivity (Wildman–Crippen MR) is 103 cm³/mol. The number of carbonyl (C=O) groups is 1. The van der Waals surface area contributed by atoms with Gasteiger partial charge in [0.05, 0.1) is 28.3 Å². The van der Waals surface area contributed by atoms with Gasteiger partial charge < -0.3 is 4.90 Å². The van der Waals surface area contributed by atoms with E-state index >= 15 is 0 Å². The van der Waals surface area contributed by atoms with Gasteiger partial charge in [0.25, 0.3) is 0 Å². The van der Waals surface area contributed by atoms with Crippen LogP contribution in [-0.2, 0) is 4.79 Å². The highest BCUT2D eigenvalue weighted by molar-refractivity contribution is 7.99. The molecule has 3 rings (SSSR count). The Kier molecular flexibility index (Phi) is 6.16. The minimum absolute atomic E-state index is 0.0493. The molecule has 0 aliphatic heterocycles. The largest absolute Gasteiger partial charge is 0.311 e. The molecule has 0 bridgehead atoms. The lowest BCUT2D eigenvalue weighted by Crippen LogP contribution is -2.33. The second-order valence-corrected chi connectivity index (χ2v) is 7.19. The van der Waals surface area contributed by atoms with Gasteiger partial charge in [0.15, 0.2) is 10.8 Å². The zero-order valence-corrected chi connectivity index (χ0v) is 16.1. The Balaban J connectivity index is 1.78. The van der Waals surface area contributed by atoms with E-state index in [0.29, 0.717) is 26.5 Å². The number of nitriles is 1. The van der Waals surface area contributed by atoms with Gasteiger partial charge in [-0.2, -0.15) is 5.26 Å². The van der Waals surface area contributed by atoms with Crippen molar-refractivity contribution < 1.29 is 9.18 Å². The molecule has 0 spiro atoms. The van der Waals surface area contributed by atoms with E-state index in [4.69, 9.17) is 28.5 Å². The van der Waals surface area contributed by atoms with Crippen molar-refractivity contribution in [2.75, 3.05) is 17.2 Å². The Labute approximate surface area is 168 Å². The number of thioether (sulfide) groups is 1. The number of amides is 1. The smallest absolute Gasteiger partial charge is 0.237 e. The van der Waals surface area contributed by atoms with Crippen LogP contribution in [-0.4, -0.2) is 32.8 Å². The zero-order chi connectivity index (χ0) is 19.4. The number of carbonyl (C=O) groups excluding carboxylic acids is 1. The third-order valence-corrected chi connectivity index (χ3v) is 5.02. The van der Waals surface area contributed by atoms with Gasteiger partial charge in [0.2, 0.25) is 5.91 Å². The summed E-state index contributed by atoms with van der Waals surface area (Å²) < 4.78 is 14.8. The lowest BCUT2D eigenvalue weighted by molar-refractivity contribution is -0.116. The van der Waals surface area contributed by atoms with Crippen LogP contribution in [0.4, 0.5) is 10.1 Å². The number of aromatic nitrogens is 3. The van der Waals surface area contributed by atoms with Crippen LogP contribution in [0.5, 0.6) is 0 Å². The van der Waals surface area contributed by atoms with Crippen molar-refractivity contribution in [1.29, 1.82) is 5.26 Å². The SMILES string of the molecule is N#CCCN(C(=O)CSc1nnc2c(Cl)cc(Cl)cn12)c1ccc(F)cc1. The van der Waals surface area contributed by atoms with Gasteiger partial charge in [-0.3, -0.25) is 9.20 Å². The zero-order valence-electron chi connectivity index (χ0n) is 13.8. The summed E-state index contributed by atoms with van der Waals surface area (Å²) in [6.45, 7) is 0.208. The number of nitrogens with zero attached hydrogens (tertiary/aromatic N) is 5. The van der Waals surface area contributed by atoms with Crippen molar-refractivity contribution in [3.8, 4) is 6.07 Å². The van der Waals surface area contributed by atoms with E-state index in [9.17, 15) is 9.18 Å². The van der Waals surface area contributed by atoms with E-state index in [0.717, 1.165) is 0 Å². The molecule has 6 nitrogen and oxygen atoms in total. The summed E-state index contributed by atoms with van der Waals surface area (Å²) in [6, 6.07) is 9.11. The summed E-state index contributed by atoms with van der Waals surface area (Å²) in [5.74, 6) is -0.593. The number of rotatable bonds is 6. The fourth-order valence-electron chi connectivity index (χ4n) is 2.39. The number of hydrogen-bond donors (Lipinski definition) is 0. The van der Waals surface area contributed by atoms with E-state index in [1.807, 2.05) is 6.07 Å². The van der Waals surface area contributed by atoms with Gasteiger partial charge in [0.1, 0.15) is 5.82 Å². The molecule has 0 saturated carbocycles. The topological polar surface area (TPSA) is 74.3 Å². The van der Waals surface area contributed by atoms with Crippen LogP contribution < -0.4 is 4.90 Å². The van der Waals surface area contributed by atoms with Crippen LogP contribution in [0.25, 0.3) is 5.65 Å². The van der Waals surface area contributed by atoms with Crippen molar-refractivity contribution in [1.82, 2.24) is 14.6 Å². The standard InChI is InChI=1S/C17H12Cl2FN5OS/c18-11-8-14(19)16-22-23-17(25(16)9-11)27-10-15(26)24(7-1-6-21)13-4-2-12(20)3-5-13/h2-5,8-9H,1,7,10H2. The van der Waals surface area contributed by atoms with Gasteiger partial charge >= 0.3 is 0 Å². The molecule has 0 unspecified atom stereocenters. The first-order valence-electron chi connectivity index (χ1n) is 7.75. The molecule has 0 N–H and O–H groups in total. The fourth-order valence-corrected chi connectivity index (χ4v) is 3.68. The Morgan fingerprint density at radius 1 is 1.30 bits per heavy atom. The number of benzene rings is 1. The molecular formula is C17H12Cl2FN5OS. The van der Waals surface area contributed by atoms with E-state index in [-0.39, 0.29) is 24.6 Å². The van der Waals surface area contributed by atoms with Crippen LogP contribution in [0.2, 0.25) is 10.0 Å². The number of fused-ring (bicyclic) bond motifs is 1. The molecule has 27 heavy (non-hydrogen) atoms. The summed E-state index contributed by atoms with van der Waals surface area (Å²) in [5, 5.41) is 18.1. The van der Waals surface area contributed by atoms with Crippen molar-refractivity contribution in [3.05, 3.63) is 52.4 Å². The second-order valence-electron chi connectivity index (χ2n) is 5.40. The predicted octanol–water partition coefficient (Wildman–Crippen LogP) is 4.21.